The Bertz CT molecular complexity index is 486. The second-order valence-corrected chi connectivity index (χ2v) is 7.85. The molecule has 1 aliphatic rings. The fraction of sp³-hybridized carbons (Fsp3) is 0.778. The maximum absolute atomic E-state index is 4.55. The Morgan fingerprint density at radius 1 is 1.12 bits per heavy atom. The van der Waals surface area contributed by atoms with Crippen LogP contribution in [0.25, 0.3) is 0 Å². The molecule has 0 spiro atoms. The minimum absolute atomic E-state index is 0.744. The molecule has 0 radical (unpaired) electrons. The second kappa shape index (κ2) is 10.7. The largest absolute Gasteiger partial charge is 0.356 e. The van der Waals surface area contributed by atoms with Gasteiger partial charge in [0.1, 0.15) is 5.01 Å². The van der Waals surface area contributed by atoms with Gasteiger partial charge in [0.2, 0.25) is 0 Å². The molecular formula is C18H33N5S. The van der Waals surface area contributed by atoms with E-state index in [9.17, 15) is 0 Å². The van der Waals surface area contributed by atoms with Crippen LogP contribution in [-0.2, 0) is 6.54 Å². The van der Waals surface area contributed by atoms with Gasteiger partial charge in [-0.3, -0.25) is 4.99 Å². The average molecular weight is 352 g/mol. The van der Waals surface area contributed by atoms with E-state index in [1.54, 1.807) is 11.3 Å². The van der Waals surface area contributed by atoms with Crippen LogP contribution < -0.4 is 10.6 Å². The predicted molar refractivity (Wildman–Crippen MR) is 104 cm³/mol. The lowest BCUT2D eigenvalue weighted by Gasteiger charge is -2.26. The summed E-state index contributed by atoms with van der Waals surface area (Å²) in [6, 6.07) is 0. The number of aromatic nitrogens is 1. The number of guanidine groups is 1. The number of hydrogen-bond acceptors (Lipinski definition) is 4. The fourth-order valence-electron chi connectivity index (χ4n) is 3.02. The van der Waals surface area contributed by atoms with Crippen molar-refractivity contribution >= 4 is 17.3 Å². The molecule has 24 heavy (non-hydrogen) atoms. The standard InChI is InChI=1S/C18H33N5S/c1-15-16(2)24-17(22-15)14-21-18(19-3)20-10-6-4-7-11-23-12-8-5-9-13-23/h4-14H2,1-3H3,(H2,19,20,21). The van der Waals surface area contributed by atoms with Crippen molar-refractivity contribution in [2.24, 2.45) is 4.99 Å². The number of nitrogens with zero attached hydrogens (tertiary/aromatic N) is 3. The van der Waals surface area contributed by atoms with Crippen molar-refractivity contribution in [3.63, 3.8) is 0 Å². The molecule has 0 bridgehead atoms. The first-order chi connectivity index (χ1) is 11.7. The lowest BCUT2D eigenvalue weighted by atomic mass is 10.1. The number of likely N-dealkylation sites (tertiary alicyclic amines) is 1. The van der Waals surface area contributed by atoms with Crippen molar-refractivity contribution < 1.29 is 0 Å². The summed E-state index contributed by atoms with van der Waals surface area (Å²) in [6.07, 6.45) is 8.00. The third-order valence-corrected chi connectivity index (χ3v) is 5.67. The van der Waals surface area contributed by atoms with Crippen LogP contribution in [0.15, 0.2) is 4.99 Å². The van der Waals surface area contributed by atoms with Crippen LogP contribution >= 0.6 is 11.3 Å². The van der Waals surface area contributed by atoms with E-state index in [1.165, 1.54) is 63.0 Å². The summed E-state index contributed by atoms with van der Waals surface area (Å²) >= 11 is 1.75. The summed E-state index contributed by atoms with van der Waals surface area (Å²) in [4.78, 5) is 12.8. The van der Waals surface area contributed by atoms with Crippen molar-refractivity contribution in [2.45, 2.75) is 58.9 Å². The zero-order chi connectivity index (χ0) is 17.2. The van der Waals surface area contributed by atoms with Gasteiger partial charge < -0.3 is 15.5 Å². The van der Waals surface area contributed by atoms with E-state index < -0.39 is 0 Å². The maximum Gasteiger partial charge on any atom is 0.191 e. The van der Waals surface area contributed by atoms with Crippen LogP contribution in [0.2, 0.25) is 0 Å². The molecule has 0 aliphatic carbocycles. The minimum Gasteiger partial charge on any atom is -0.356 e. The highest BCUT2D eigenvalue weighted by atomic mass is 32.1. The fourth-order valence-corrected chi connectivity index (χ4v) is 3.90. The Balaban J connectivity index is 1.53. The molecule has 136 valence electrons. The van der Waals surface area contributed by atoms with E-state index in [0.717, 1.165) is 29.8 Å². The SMILES string of the molecule is CN=C(NCCCCCN1CCCCC1)NCc1nc(C)c(C)s1. The van der Waals surface area contributed by atoms with Crippen LogP contribution in [0, 0.1) is 13.8 Å². The highest BCUT2D eigenvalue weighted by Crippen LogP contribution is 2.15. The number of aliphatic imine (C=N–C) groups is 1. The van der Waals surface area contributed by atoms with Crippen LogP contribution in [0.4, 0.5) is 0 Å². The van der Waals surface area contributed by atoms with Gasteiger partial charge in [0.15, 0.2) is 5.96 Å². The number of unbranched alkanes of at least 4 members (excludes halogenated alkanes) is 2. The van der Waals surface area contributed by atoms with Gasteiger partial charge in [-0.15, -0.1) is 11.3 Å². The van der Waals surface area contributed by atoms with Gasteiger partial charge in [-0.05, 0) is 59.2 Å². The van der Waals surface area contributed by atoms with Crippen molar-refractivity contribution in [2.75, 3.05) is 33.2 Å². The number of rotatable bonds is 8. The van der Waals surface area contributed by atoms with Gasteiger partial charge in [-0.2, -0.15) is 0 Å². The molecule has 1 aromatic rings. The number of piperidine rings is 1. The van der Waals surface area contributed by atoms with E-state index in [1.807, 2.05) is 7.05 Å². The lowest BCUT2D eigenvalue weighted by Crippen LogP contribution is -2.37. The number of nitrogens with one attached hydrogen (secondary N) is 2. The normalized spacial score (nSPS) is 16.4. The Hall–Kier alpha value is -1.14. The van der Waals surface area contributed by atoms with E-state index in [-0.39, 0.29) is 0 Å². The third-order valence-electron chi connectivity index (χ3n) is 4.60. The molecule has 0 aromatic carbocycles. The van der Waals surface area contributed by atoms with Gasteiger partial charge in [0.05, 0.1) is 12.2 Å². The summed E-state index contributed by atoms with van der Waals surface area (Å²) in [5.74, 6) is 0.872. The highest BCUT2D eigenvalue weighted by molar-refractivity contribution is 7.11. The van der Waals surface area contributed by atoms with E-state index in [0.29, 0.717) is 0 Å². The number of hydrogen-bond donors (Lipinski definition) is 2. The smallest absolute Gasteiger partial charge is 0.191 e. The molecule has 5 nitrogen and oxygen atoms in total. The van der Waals surface area contributed by atoms with E-state index in [4.69, 9.17) is 0 Å². The third kappa shape index (κ3) is 6.77. The summed E-state index contributed by atoms with van der Waals surface area (Å²) in [7, 11) is 1.82. The Morgan fingerprint density at radius 3 is 2.58 bits per heavy atom. The predicted octanol–water partition coefficient (Wildman–Crippen LogP) is 3.08. The zero-order valence-electron chi connectivity index (χ0n) is 15.5. The lowest BCUT2D eigenvalue weighted by molar-refractivity contribution is 0.224. The molecule has 2 N–H and O–H groups in total. The van der Waals surface area contributed by atoms with Gasteiger partial charge in [0, 0.05) is 18.5 Å². The molecule has 0 saturated carbocycles. The molecule has 0 amide bonds. The van der Waals surface area contributed by atoms with Crippen LogP contribution in [0.5, 0.6) is 0 Å². The molecule has 0 atom stereocenters. The summed E-state index contributed by atoms with van der Waals surface area (Å²) in [5.41, 5.74) is 1.13. The van der Waals surface area contributed by atoms with Crippen molar-refractivity contribution in [1.82, 2.24) is 20.5 Å². The first-order valence-electron chi connectivity index (χ1n) is 9.29. The zero-order valence-corrected chi connectivity index (χ0v) is 16.3. The van der Waals surface area contributed by atoms with Crippen LogP contribution in [0.3, 0.4) is 0 Å². The first kappa shape index (κ1) is 19.2. The first-order valence-corrected chi connectivity index (χ1v) is 10.1. The van der Waals surface area contributed by atoms with Gasteiger partial charge in [0.25, 0.3) is 0 Å². The van der Waals surface area contributed by atoms with Gasteiger partial charge >= 0.3 is 0 Å². The van der Waals surface area contributed by atoms with Crippen molar-refractivity contribution in [1.29, 1.82) is 0 Å². The van der Waals surface area contributed by atoms with Gasteiger partial charge in [-0.1, -0.05) is 12.8 Å². The van der Waals surface area contributed by atoms with Crippen LogP contribution in [-0.4, -0.2) is 49.1 Å². The quantitative estimate of drug-likeness (QED) is 0.429. The molecule has 6 heteroatoms. The van der Waals surface area contributed by atoms with Crippen molar-refractivity contribution in [3.8, 4) is 0 Å². The van der Waals surface area contributed by atoms with Gasteiger partial charge in [-0.25, -0.2) is 4.98 Å². The molecular weight excluding hydrogens is 318 g/mol. The second-order valence-electron chi connectivity index (χ2n) is 6.56. The molecule has 1 saturated heterocycles. The monoisotopic (exact) mass is 351 g/mol. The minimum atomic E-state index is 0.744. The number of aryl methyl sites for hydroxylation is 2. The maximum atomic E-state index is 4.55. The van der Waals surface area contributed by atoms with E-state index >= 15 is 0 Å². The summed E-state index contributed by atoms with van der Waals surface area (Å²) < 4.78 is 0. The van der Waals surface area contributed by atoms with Crippen molar-refractivity contribution in [3.05, 3.63) is 15.6 Å². The average Bonchev–Trinajstić information content (AvgIpc) is 2.92. The molecule has 2 heterocycles. The molecule has 1 fully saturated rings. The molecule has 1 aliphatic heterocycles. The summed E-state index contributed by atoms with van der Waals surface area (Å²) in [6.45, 7) is 9.80. The number of thiazole rings is 1. The van der Waals surface area contributed by atoms with Crippen LogP contribution in [0.1, 0.15) is 54.1 Å². The van der Waals surface area contributed by atoms with E-state index in [2.05, 4.69) is 39.4 Å². The molecule has 2 rings (SSSR count). The highest BCUT2D eigenvalue weighted by Gasteiger charge is 2.09. The Kier molecular flexibility index (Phi) is 8.53. The summed E-state index contributed by atoms with van der Waals surface area (Å²) in [5, 5.41) is 7.87. The molecule has 0 unspecified atom stereocenters. The Labute approximate surface area is 151 Å². The molecule has 1 aromatic heterocycles. The topological polar surface area (TPSA) is 52.6 Å². The Morgan fingerprint density at radius 2 is 1.92 bits per heavy atom.